The van der Waals surface area contributed by atoms with Crippen LogP contribution in [-0.2, 0) is 0 Å². The van der Waals surface area contributed by atoms with E-state index in [0.29, 0.717) is 11.6 Å². The van der Waals surface area contributed by atoms with Crippen LogP contribution in [0.4, 0.5) is 17.3 Å². The summed E-state index contributed by atoms with van der Waals surface area (Å²) in [7, 11) is 0. The number of benzene rings is 2. The number of hydrogen-bond donors (Lipinski definition) is 1. The van der Waals surface area contributed by atoms with E-state index in [9.17, 15) is 14.9 Å². The molecule has 142 valence electrons. The quantitative estimate of drug-likeness (QED) is 0.289. The van der Waals surface area contributed by atoms with Gasteiger partial charge in [0, 0.05) is 29.2 Å². The summed E-state index contributed by atoms with van der Waals surface area (Å²) in [6.45, 7) is 3.73. The molecule has 0 saturated heterocycles. The second-order valence-corrected chi connectivity index (χ2v) is 6.35. The van der Waals surface area contributed by atoms with Crippen LogP contribution in [0.2, 0.25) is 5.02 Å². The number of nitro groups is 1. The lowest BCUT2D eigenvalue weighted by Gasteiger charge is -2.09. The standard InChI is InChI=1S/C19H15ClN4O4/c1-11-8-12(2)22-19(21-11)23-14-4-3-5-15(10-14)28-18(25)13-6-7-16(20)17(9-13)24(26)27/h3-10H,1-2H3,(H,21,22,23). The molecular weight excluding hydrogens is 384 g/mol. The van der Waals surface area contributed by atoms with Crippen LogP contribution in [0.5, 0.6) is 5.75 Å². The normalized spacial score (nSPS) is 10.4. The van der Waals surface area contributed by atoms with E-state index < -0.39 is 10.9 Å². The van der Waals surface area contributed by atoms with E-state index in [1.165, 1.54) is 12.1 Å². The highest BCUT2D eigenvalue weighted by Crippen LogP contribution is 2.26. The van der Waals surface area contributed by atoms with Crippen LogP contribution in [0.15, 0.2) is 48.5 Å². The lowest BCUT2D eigenvalue weighted by atomic mass is 10.2. The molecule has 2 aromatic carbocycles. The molecular formula is C19H15ClN4O4. The van der Waals surface area contributed by atoms with Gasteiger partial charge in [-0.25, -0.2) is 14.8 Å². The molecule has 28 heavy (non-hydrogen) atoms. The summed E-state index contributed by atoms with van der Waals surface area (Å²) in [5.74, 6) is -0.0501. The topological polar surface area (TPSA) is 107 Å². The number of hydrogen-bond acceptors (Lipinski definition) is 7. The fourth-order valence-corrected chi connectivity index (χ4v) is 2.68. The van der Waals surface area contributed by atoms with Gasteiger partial charge < -0.3 is 10.1 Å². The SMILES string of the molecule is Cc1cc(C)nc(Nc2cccc(OC(=O)c3ccc(Cl)c([N+](=O)[O-])c3)c2)n1. The van der Waals surface area contributed by atoms with E-state index in [0.717, 1.165) is 17.5 Å². The van der Waals surface area contributed by atoms with Gasteiger partial charge in [0.15, 0.2) is 0 Å². The highest BCUT2D eigenvalue weighted by molar-refractivity contribution is 6.32. The maximum atomic E-state index is 12.3. The molecule has 0 saturated carbocycles. The summed E-state index contributed by atoms with van der Waals surface area (Å²) < 4.78 is 5.32. The van der Waals surface area contributed by atoms with Gasteiger partial charge >= 0.3 is 5.97 Å². The molecule has 0 unspecified atom stereocenters. The number of nitro benzene ring substituents is 1. The predicted octanol–water partition coefficient (Wildman–Crippen LogP) is 4.62. The number of carbonyl (C=O) groups excluding carboxylic acids is 1. The van der Waals surface area contributed by atoms with Crippen molar-refractivity contribution in [2.24, 2.45) is 0 Å². The van der Waals surface area contributed by atoms with Crippen molar-refractivity contribution in [1.29, 1.82) is 0 Å². The molecule has 1 N–H and O–H groups in total. The Labute approximate surface area is 165 Å². The van der Waals surface area contributed by atoms with Gasteiger partial charge in [-0.3, -0.25) is 10.1 Å². The number of aryl methyl sites for hydroxylation is 2. The van der Waals surface area contributed by atoms with E-state index in [1.54, 1.807) is 24.3 Å². The zero-order valence-electron chi connectivity index (χ0n) is 15.0. The number of carbonyl (C=O) groups is 1. The third-order valence-electron chi connectivity index (χ3n) is 3.66. The lowest BCUT2D eigenvalue weighted by molar-refractivity contribution is -0.384. The third kappa shape index (κ3) is 4.60. The van der Waals surface area contributed by atoms with Crippen molar-refractivity contribution >= 4 is 34.9 Å². The molecule has 9 heteroatoms. The Kier molecular flexibility index (Phi) is 5.51. The first-order chi connectivity index (χ1) is 13.3. The van der Waals surface area contributed by atoms with Crippen molar-refractivity contribution in [1.82, 2.24) is 9.97 Å². The van der Waals surface area contributed by atoms with E-state index in [4.69, 9.17) is 16.3 Å². The largest absolute Gasteiger partial charge is 0.423 e. The van der Waals surface area contributed by atoms with Crippen molar-refractivity contribution in [3.8, 4) is 5.75 Å². The van der Waals surface area contributed by atoms with Crippen molar-refractivity contribution < 1.29 is 14.5 Å². The number of anilines is 2. The number of nitrogens with zero attached hydrogens (tertiary/aromatic N) is 3. The summed E-state index contributed by atoms with van der Waals surface area (Å²) in [4.78, 5) is 31.2. The molecule has 0 atom stereocenters. The maximum Gasteiger partial charge on any atom is 0.343 e. The first-order valence-electron chi connectivity index (χ1n) is 8.17. The molecule has 0 aliphatic heterocycles. The van der Waals surface area contributed by atoms with E-state index in [2.05, 4.69) is 15.3 Å². The summed E-state index contributed by atoms with van der Waals surface area (Å²) in [5.41, 5.74) is 1.92. The number of esters is 1. The van der Waals surface area contributed by atoms with Crippen molar-refractivity contribution in [2.75, 3.05) is 5.32 Å². The Morgan fingerprint density at radius 3 is 2.50 bits per heavy atom. The maximum absolute atomic E-state index is 12.3. The highest BCUT2D eigenvalue weighted by Gasteiger charge is 2.17. The molecule has 1 aromatic heterocycles. The van der Waals surface area contributed by atoms with Crippen molar-refractivity contribution in [2.45, 2.75) is 13.8 Å². The Morgan fingerprint density at radius 1 is 1.11 bits per heavy atom. The van der Waals surface area contributed by atoms with Gasteiger partial charge in [0.25, 0.3) is 5.69 Å². The van der Waals surface area contributed by atoms with Crippen LogP contribution >= 0.6 is 11.6 Å². The van der Waals surface area contributed by atoms with Crippen molar-refractivity contribution in [3.05, 3.63) is 80.6 Å². The monoisotopic (exact) mass is 398 g/mol. The smallest absolute Gasteiger partial charge is 0.343 e. The Balaban J connectivity index is 1.78. The zero-order valence-corrected chi connectivity index (χ0v) is 15.7. The minimum atomic E-state index is -0.737. The minimum Gasteiger partial charge on any atom is -0.423 e. The zero-order chi connectivity index (χ0) is 20.3. The number of ether oxygens (including phenoxy) is 1. The van der Waals surface area contributed by atoms with Crippen LogP contribution in [0.25, 0.3) is 0 Å². The van der Waals surface area contributed by atoms with Gasteiger partial charge in [-0.05, 0) is 44.2 Å². The molecule has 0 bridgehead atoms. The first-order valence-corrected chi connectivity index (χ1v) is 8.55. The average Bonchev–Trinajstić information content (AvgIpc) is 2.61. The van der Waals surface area contributed by atoms with Crippen LogP contribution in [0.1, 0.15) is 21.7 Å². The Bertz CT molecular complexity index is 1050. The van der Waals surface area contributed by atoms with Gasteiger partial charge in [-0.1, -0.05) is 17.7 Å². The molecule has 0 fully saturated rings. The summed E-state index contributed by atoms with van der Waals surface area (Å²) in [6, 6.07) is 12.2. The summed E-state index contributed by atoms with van der Waals surface area (Å²) in [6.07, 6.45) is 0. The Hall–Kier alpha value is -3.52. The molecule has 3 rings (SSSR count). The molecule has 1 heterocycles. The minimum absolute atomic E-state index is 0.0205. The third-order valence-corrected chi connectivity index (χ3v) is 3.98. The summed E-state index contributed by atoms with van der Waals surface area (Å²) in [5, 5.41) is 14.0. The van der Waals surface area contributed by atoms with Crippen molar-refractivity contribution in [3.63, 3.8) is 0 Å². The van der Waals surface area contributed by atoms with Crippen LogP contribution in [-0.4, -0.2) is 20.9 Å². The number of rotatable bonds is 5. The van der Waals surface area contributed by atoms with E-state index in [1.807, 2.05) is 19.9 Å². The van der Waals surface area contributed by atoms with Crippen LogP contribution in [0.3, 0.4) is 0 Å². The fraction of sp³-hybridized carbons (Fsp3) is 0.105. The molecule has 0 spiro atoms. The highest BCUT2D eigenvalue weighted by atomic mass is 35.5. The lowest BCUT2D eigenvalue weighted by Crippen LogP contribution is -2.09. The number of halogens is 1. The summed E-state index contributed by atoms with van der Waals surface area (Å²) >= 11 is 5.76. The van der Waals surface area contributed by atoms with Gasteiger partial charge in [-0.15, -0.1) is 0 Å². The van der Waals surface area contributed by atoms with Gasteiger partial charge in [0.05, 0.1) is 10.5 Å². The average molecular weight is 399 g/mol. The molecule has 0 amide bonds. The Morgan fingerprint density at radius 2 is 1.82 bits per heavy atom. The second kappa shape index (κ2) is 8.01. The van der Waals surface area contributed by atoms with Gasteiger partial charge in [0.2, 0.25) is 5.95 Å². The fourth-order valence-electron chi connectivity index (χ4n) is 2.49. The number of aromatic nitrogens is 2. The van der Waals surface area contributed by atoms with E-state index >= 15 is 0 Å². The van der Waals surface area contributed by atoms with E-state index in [-0.39, 0.29) is 22.0 Å². The molecule has 0 aliphatic rings. The first kappa shape index (κ1) is 19.2. The molecule has 0 radical (unpaired) electrons. The second-order valence-electron chi connectivity index (χ2n) is 5.94. The molecule has 0 aliphatic carbocycles. The van der Waals surface area contributed by atoms with Gasteiger partial charge in [-0.2, -0.15) is 0 Å². The molecule has 3 aromatic rings. The predicted molar refractivity (Wildman–Crippen MR) is 104 cm³/mol. The molecule has 8 nitrogen and oxygen atoms in total. The number of nitrogens with one attached hydrogen (secondary N) is 1. The van der Waals surface area contributed by atoms with Gasteiger partial charge in [0.1, 0.15) is 10.8 Å². The van der Waals surface area contributed by atoms with Crippen LogP contribution in [0, 0.1) is 24.0 Å². The van der Waals surface area contributed by atoms with Crippen LogP contribution < -0.4 is 10.1 Å².